The normalized spacial score (nSPS) is 16.4. The molecule has 0 saturated carbocycles. The number of carbonyl (C=O) groups is 1. The largest absolute Gasteiger partial charge is 0.449 e. The van der Waals surface area contributed by atoms with E-state index in [9.17, 15) is 10.1 Å². The molecule has 3 rings (SSSR count). The van der Waals surface area contributed by atoms with Crippen molar-refractivity contribution in [2.75, 3.05) is 11.5 Å². The molecule has 2 aromatic carbocycles. The van der Waals surface area contributed by atoms with E-state index in [1.807, 2.05) is 42.5 Å². The molecule has 0 fully saturated rings. The second-order valence-corrected chi connectivity index (χ2v) is 4.72. The van der Waals surface area contributed by atoms with Crippen LogP contribution in [0, 0.1) is 11.3 Å². The summed E-state index contributed by atoms with van der Waals surface area (Å²) in [7, 11) is 0. The number of hydrogen-bond acceptors (Lipinski definition) is 3. The zero-order chi connectivity index (χ0) is 14.8. The number of nitriles is 1. The summed E-state index contributed by atoms with van der Waals surface area (Å²) in [5.41, 5.74) is 1.65. The van der Waals surface area contributed by atoms with Crippen LogP contribution in [0.25, 0.3) is 16.8 Å². The molecule has 0 radical (unpaired) electrons. The lowest BCUT2D eigenvalue weighted by Gasteiger charge is -2.29. The Labute approximate surface area is 122 Å². The van der Waals surface area contributed by atoms with Crippen molar-refractivity contribution in [3.8, 4) is 6.07 Å². The molecule has 0 spiro atoms. The minimum absolute atomic E-state index is 0.278. The van der Waals surface area contributed by atoms with E-state index in [-0.39, 0.29) is 6.61 Å². The third-order valence-corrected chi connectivity index (χ3v) is 3.53. The fraction of sp³-hybridized carbons (Fsp3) is 0.176. The molecule has 104 valence electrons. The molecule has 0 aromatic heterocycles. The zero-order valence-electron chi connectivity index (χ0n) is 11.6. The number of ether oxygens (including phenoxy) is 1. The van der Waals surface area contributed by atoms with E-state index in [0.717, 1.165) is 16.3 Å². The Morgan fingerprint density at radius 1 is 1.33 bits per heavy atom. The van der Waals surface area contributed by atoms with E-state index >= 15 is 0 Å². The first kappa shape index (κ1) is 13.2. The van der Waals surface area contributed by atoms with Crippen molar-refractivity contribution < 1.29 is 9.53 Å². The van der Waals surface area contributed by atoms with Gasteiger partial charge in [0.1, 0.15) is 6.04 Å². The van der Waals surface area contributed by atoms with Gasteiger partial charge >= 0.3 is 6.09 Å². The highest BCUT2D eigenvalue weighted by molar-refractivity contribution is 6.03. The molecule has 1 aliphatic heterocycles. The Bertz CT molecular complexity index is 774. The van der Waals surface area contributed by atoms with Crippen LogP contribution in [-0.4, -0.2) is 18.7 Å². The second-order valence-electron chi connectivity index (χ2n) is 4.72. The molecule has 0 aliphatic carbocycles. The van der Waals surface area contributed by atoms with E-state index in [0.29, 0.717) is 5.69 Å². The van der Waals surface area contributed by atoms with Gasteiger partial charge in [0, 0.05) is 5.56 Å². The number of nitrogens with zero attached hydrogens (tertiary/aromatic N) is 2. The average Bonchev–Trinajstić information content (AvgIpc) is 2.53. The Balaban J connectivity index is 2.19. The minimum Gasteiger partial charge on any atom is -0.449 e. The van der Waals surface area contributed by atoms with E-state index in [4.69, 9.17) is 4.74 Å². The van der Waals surface area contributed by atoms with Gasteiger partial charge in [-0.05, 0) is 29.8 Å². The van der Waals surface area contributed by atoms with E-state index in [1.54, 1.807) is 13.0 Å². The van der Waals surface area contributed by atoms with Gasteiger partial charge in [-0.25, -0.2) is 4.79 Å². The summed E-state index contributed by atoms with van der Waals surface area (Å²) in [6, 6.07) is 13.3. The Morgan fingerprint density at radius 2 is 2.14 bits per heavy atom. The van der Waals surface area contributed by atoms with Gasteiger partial charge in [-0.15, -0.1) is 0 Å². The van der Waals surface area contributed by atoms with Crippen LogP contribution < -0.4 is 4.90 Å². The van der Waals surface area contributed by atoms with Crippen molar-refractivity contribution in [2.45, 2.75) is 13.0 Å². The van der Waals surface area contributed by atoms with Crippen molar-refractivity contribution in [3.63, 3.8) is 0 Å². The van der Waals surface area contributed by atoms with Crippen molar-refractivity contribution in [1.82, 2.24) is 0 Å². The molecule has 0 unspecified atom stereocenters. The standard InChI is InChI=1S/C17H14N2O2/c1-2-21-17(20)19-13(11-18)8-9-15-14-6-4-3-5-12(14)7-10-16(15)19/h3-10,13H,2H2,1H3/t13-/m0/s1. The predicted molar refractivity (Wildman–Crippen MR) is 81.9 cm³/mol. The van der Waals surface area contributed by atoms with Gasteiger partial charge < -0.3 is 4.74 Å². The average molecular weight is 278 g/mol. The summed E-state index contributed by atoms with van der Waals surface area (Å²) in [6.07, 6.45) is 3.14. The van der Waals surface area contributed by atoms with Crippen LogP contribution in [0.4, 0.5) is 10.5 Å². The third kappa shape index (κ3) is 2.13. The Hall–Kier alpha value is -2.80. The zero-order valence-corrected chi connectivity index (χ0v) is 11.6. The van der Waals surface area contributed by atoms with Gasteiger partial charge in [0.15, 0.2) is 0 Å². The van der Waals surface area contributed by atoms with Crippen LogP contribution in [0.1, 0.15) is 12.5 Å². The highest BCUT2D eigenvalue weighted by Gasteiger charge is 2.29. The van der Waals surface area contributed by atoms with Crippen molar-refractivity contribution in [1.29, 1.82) is 5.26 Å². The van der Waals surface area contributed by atoms with Gasteiger partial charge in [0.05, 0.1) is 18.4 Å². The van der Waals surface area contributed by atoms with E-state index in [1.165, 1.54) is 4.90 Å². The highest BCUT2D eigenvalue weighted by atomic mass is 16.6. The monoisotopic (exact) mass is 278 g/mol. The van der Waals surface area contributed by atoms with Crippen LogP contribution in [-0.2, 0) is 4.74 Å². The fourth-order valence-corrected chi connectivity index (χ4v) is 2.60. The van der Waals surface area contributed by atoms with Crippen LogP contribution in [0.2, 0.25) is 0 Å². The number of fused-ring (bicyclic) bond motifs is 3. The summed E-state index contributed by atoms with van der Waals surface area (Å²) in [6.45, 7) is 2.03. The summed E-state index contributed by atoms with van der Waals surface area (Å²) >= 11 is 0. The van der Waals surface area contributed by atoms with Crippen LogP contribution >= 0.6 is 0 Å². The molecule has 21 heavy (non-hydrogen) atoms. The Morgan fingerprint density at radius 3 is 2.90 bits per heavy atom. The molecule has 1 heterocycles. The molecule has 0 N–H and O–H groups in total. The van der Waals surface area contributed by atoms with E-state index < -0.39 is 12.1 Å². The molecule has 2 aromatic rings. The Kier molecular flexibility index (Phi) is 3.33. The molecular formula is C17H14N2O2. The second kappa shape index (κ2) is 5.29. The lowest BCUT2D eigenvalue weighted by molar-refractivity contribution is 0.159. The van der Waals surface area contributed by atoms with Crippen molar-refractivity contribution in [3.05, 3.63) is 48.0 Å². The predicted octanol–water partition coefficient (Wildman–Crippen LogP) is 3.72. The number of carbonyl (C=O) groups excluding carboxylic acids is 1. The van der Waals surface area contributed by atoms with Gasteiger partial charge in [-0.1, -0.05) is 36.4 Å². The summed E-state index contributed by atoms with van der Waals surface area (Å²) in [5, 5.41) is 11.4. The van der Waals surface area contributed by atoms with Crippen LogP contribution in [0.15, 0.2) is 42.5 Å². The first-order chi connectivity index (χ1) is 10.3. The number of amides is 1. The number of anilines is 1. The van der Waals surface area contributed by atoms with Crippen molar-refractivity contribution in [2.24, 2.45) is 0 Å². The highest BCUT2D eigenvalue weighted by Crippen LogP contribution is 2.35. The maximum absolute atomic E-state index is 12.2. The van der Waals surface area contributed by atoms with E-state index in [2.05, 4.69) is 6.07 Å². The molecule has 0 bridgehead atoms. The van der Waals surface area contributed by atoms with Crippen LogP contribution in [0.3, 0.4) is 0 Å². The minimum atomic E-state index is -0.641. The van der Waals surface area contributed by atoms with Crippen molar-refractivity contribution >= 4 is 28.6 Å². The first-order valence-corrected chi connectivity index (χ1v) is 6.82. The summed E-state index contributed by atoms with van der Waals surface area (Å²) in [4.78, 5) is 13.6. The molecule has 0 saturated heterocycles. The maximum atomic E-state index is 12.2. The fourth-order valence-electron chi connectivity index (χ4n) is 2.60. The molecule has 1 atom stereocenters. The smallest absolute Gasteiger partial charge is 0.415 e. The molecule has 1 amide bonds. The van der Waals surface area contributed by atoms with Crippen LogP contribution in [0.5, 0.6) is 0 Å². The van der Waals surface area contributed by atoms with Gasteiger partial charge in [-0.2, -0.15) is 5.26 Å². The van der Waals surface area contributed by atoms with Gasteiger partial charge in [-0.3, -0.25) is 4.90 Å². The van der Waals surface area contributed by atoms with Gasteiger partial charge in [0.2, 0.25) is 0 Å². The number of benzene rings is 2. The maximum Gasteiger partial charge on any atom is 0.415 e. The molecule has 4 nitrogen and oxygen atoms in total. The van der Waals surface area contributed by atoms with Gasteiger partial charge in [0.25, 0.3) is 0 Å². The summed E-state index contributed by atoms with van der Waals surface area (Å²) < 4.78 is 5.08. The SMILES string of the molecule is CCOC(=O)N1c2ccc3ccccc3c2C=C[C@H]1C#N. The first-order valence-electron chi connectivity index (χ1n) is 6.82. The molecule has 1 aliphatic rings. The number of rotatable bonds is 1. The lowest BCUT2D eigenvalue weighted by Crippen LogP contribution is -2.40. The topological polar surface area (TPSA) is 53.3 Å². The number of hydrogen-bond donors (Lipinski definition) is 0. The quantitative estimate of drug-likeness (QED) is 0.798. The summed E-state index contributed by atoms with van der Waals surface area (Å²) in [5.74, 6) is 0. The molecule has 4 heteroatoms. The lowest BCUT2D eigenvalue weighted by atomic mass is 9.97. The molecular weight excluding hydrogens is 264 g/mol. The third-order valence-electron chi connectivity index (χ3n) is 3.53.